The molecule has 3 aromatic rings. The van der Waals surface area contributed by atoms with Crippen molar-refractivity contribution in [2.24, 2.45) is 0 Å². The zero-order valence-corrected chi connectivity index (χ0v) is 11.8. The summed E-state index contributed by atoms with van der Waals surface area (Å²) in [5.74, 6) is -0.353. The minimum atomic E-state index is -0.353. The lowest BCUT2D eigenvalue weighted by molar-refractivity contribution is 0.102. The van der Waals surface area contributed by atoms with Gasteiger partial charge in [0, 0.05) is 28.7 Å². The first-order chi connectivity index (χ1) is 10.0. The van der Waals surface area contributed by atoms with E-state index in [0.29, 0.717) is 27.6 Å². The summed E-state index contributed by atoms with van der Waals surface area (Å²) in [6.07, 6.45) is 1.45. The minimum Gasteiger partial charge on any atom is -0.322 e. The molecule has 0 bridgehead atoms. The number of aromatic amines is 1. The number of H-pyrrole nitrogens is 1. The maximum absolute atomic E-state index is 12.3. The summed E-state index contributed by atoms with van der Waals surface area (Å²) in [5.41, 5.74) is 1.50. The van der Waals surface area contributed by atoms with Gasteiger partial charge in [0.2, 0.25) is 0 Å². The second-order valence-corrected chi connectivity index (χ2v) is 4.98. The molecule has 6 nitrogen and oxygen atoms in total. The molecule has 0 unspecified atom stereocenters. The molecule has 0 saturated heterocycles. The topological polar surface area (TPSA) is 79.3 Å². The SMILES string of the molecule is Cc1cc(=O)n2[nH]cc(C(=O)Nc3ccc(Cl)cc3)c2n1. The summed E-state index contributed by atoms with van der Waals surface area (Å²) in [5, 5.41) is 6.04. The van der Waals surface area contributed by atoms with E-state index >= 15 is 0 Å². The molecular formula is C14H11ClN4O2. The summed E-state index contributed by atoms with van der Waals surface area (Å²) in [6.45, 7) is 1.70. The lowest BCUT2D eigenvalue weighted by Crippen LogP contribution is -2.16. The van der Waals surface area contributed by atoms with Crippen LogP contribution in [0.5, 0.6) is 0 Å². The van der Waals surface area contributed by atoms with Crippen molar-refractivity contribution in [1.29, 1.82) is 0 Å². The average Bonchev–Trinajstić information content (AvgIpc) is 2.85. The van der Waals surface area contributed by atoms with Gasteiger partial charge in [-0.25, -0.2) is 9.50 Å². The monoisotopic (exact) mass is 302 g/mol. The van der Waals surface area contributed by atoms with Crippen molar-refractivity contribution in [2.75, 3.05) is 5.32 Å². The normalized spacial score (nSPS) is 10.8. The van der Waals surface area contributed by atoms with E-state index in [0.717, 1.165) is 0 Å². The molecule has 0 aliphatic rings. The van der Waals surface area contributed by atoms with Crippen molar-refractivity contribution in [3.63, 3.8) is 0 Å². The van der Waals surface area contributed by atoms with Crippen LogP contribution >= 0.6 is 11.6 Å². The highest BCUT2D eigenvalue weighted by Crippen LogP contribution is 2.15. The Balaban J connectivity index is 1.98. The molecule has 1 aromatic carbocycles. The van der Waals surface area contributed by atoms with Gasteiger partial charge in [-0.1, -0.05) is 11.6 Å². The number of nitrogens with one attached hydrogen (secondary N) is 2. The molecule has 2 heterocycles. The number of carbonyl (C=O) groups excluding carboxylic acids is 1. The Hall–Kier alpha value is -2.60. The number of fused-ring (bicyclic) bond motifs is 1. The predicted molar refractivity (Wildman–Crippen MR) is 80.0 cm³/mol. The number of aromatic nitrogens is 3. The van der Waals surface area contributed by atoms with Gasteiger partial charge >= 0.3 is 0 Å². The number of nitrogens with zero attached hydrogens (tertiary/aromatic N) is 2. The van der Waals surface area contributed by atoms with Crippen LogP contribution in [0, 0.1) is 6.92 Å². The van der Waals surface area contributed by atoms with Crippen LogP contribution in [0.2, 0.25) is 5.02 Å². The molecule has 0 spiro atoms. The highest BCUT2D eigenvalue weighted by atomic mass is 35.5. The van der Waals surface area contributed by atoms with Gasteiger partial charge in [0.1, 0.15) is 5.56 Å². The second kappa shape index (κ2) is 5.06. The van der Waals surface area contributed by atoms with Crippen molar-refractivity contribution < 1.29 is 4.79 Å². The number of rotatable bonds is 2. The van der Waals surface area contributed by atoms with Crippen LogP contribution in [0.25, 0.3) is 5.65 Å². The van der Waals surface area contributed by atoms with Gasteiger partial charge in [-0.05, 0) is 31.2 Å². The van der Waals surface area contributed by atoms with E-state index in [1.54, 1.807) is 31.2 Å². The third kappa shape index (κ3) is 2.53. The number of aryl methyl sites for hydroxylation is 1. The number of carbonyl (C=O) groups is 1. The number of hydrogen-bond acceptors (Lipinski definition) is 3. The van der Waals surface area contributed by atoms with Crippen LogP contribution in [0.3, 0.4) is 0 Å². The summed E-state index contributed by atoms with van der Waals surface area (Å²) >= 11 is 5.79. The Morgan fingerprint density at radius 1 is 1.33 bits per heavy atom. The molecule has 0 aliphatic carbocycles. The lowest BCUT2D eigenvalue weighted by Gasteiger charge is -2.04. The number of anilines is 1. The maximum atomic E-state index is 12.3. The molecular weight excluding hydrogens is 292 g/mol. The minimum absolute atomic E-state index is 0.261. The Labute approximate surface area is 124 Å². The molecule has 0 aliphatic heterocycles. The Bertz CT molecular complexity index is 880. The largest absolute Gasteiger partial charge is 0.322 e. The van der Waals surface area contributed by atoms with Crippen LogP contribution in [0.4, 0.5) is 5.69 Å². The third-order valence-corrected chi connectivity index (χ3v) is 3.22. The van der Waals surface area contributed by atoms with E-state index in [-0.39, 0.29) is 11.5 Å². The molecule has 7 heteroatoms. The average molecular weight is 303 g/mol. The van der Waals surface area contributed by atoms with Gasteiger partial charge in [-0.3, -0.25) is 14.7 Å². The van der Waals surface area contributed by atoms with Crippen LogP contribution in [0.15, 0.2) is 41.3 Å². The zero-order chi connectivity index (χ0) is 15.0. The van der Waals surface area contributed by atoms with Crippen molar-refractivity contribution in [3.05, 3.63) is 63.2 Å². The number of hydrogen-bond donors (Lipinski definition) is 2. The molecule has 21 heavy (non-hydrogen) atoms. The molecule has 2 N–H and O–H groups in total. The maximum Gasteiger partial charge on any atom is 0.272 e. The third-order valence-electron chi connectivity index (χ3n) is 2.97. The molecule has 2 aromatic heterocycles. The van der Waals surface area contributed by atoms with Crippen LogP contribution in [-0.2, 0) is 0 Å². The van der Waals surface area contributed by atoms with E-state index in [4.69, 9.17) is 11.6 Å². The van der Waals surface area contributed by atoms with Crippen LogP contribution in [0.1, 0.15) is 16.1 Å². The van der Waals surface area contributed by atoms with E-state index < -0.39 is 0 Å². The van der Waals surface area contributed by atoms with Gasteiger partial charge in [0.15, 0.2) is 5.65 Å². The van der Waals surface area contributed by atoms with Crippen molar-refractivity contribution in [3.8, 4) is 0 Å². The fraction of sp³-hybridized carbons (Fsp3) is 0.0714. The number of benzene rings is 1. The summed E-state index contributed by atoms with van der Waals surface area (Å²) < 4.78 is 1.23. The van der Waals surface area contributed by atoms with E-state index in [2.05, 4.69) is 15.4 Å². The highest BCUT2D eigenvalue weighted by molar-refractivity contribution is 6.30. The van der Waals surface area contributed by atoms with Gasteiger partial charge in [0.25, 0.3) is 11.5 Å². The smallest absolute Gasteiger partial charge is 0.272 e. The molecule has 0 fully saturated rings. The van der Waals surface area contributed by atoms with Crippen LogP contribution in [-0.4, -0.2) is 20.5 Å². The van der Waals surface area contributed by atoms with E-state index in [1.165, 1.54) is 16.8 Å². The van der Waals surface area contributed by atoms with Gasteiger partial charge in [-0.2, -0.15) is 0 Å². The first-order valence-electron chi connectivity index (χ1n) is 6.19. The molecule has 0 atom stereocenters. The Morgan fingerprint density at radius 2 is 2.05 bits per heavy atom. The van der Waals surface area contributed by atoms with Gasteiger partial charge < -0.3 is 5.32 Å². The number of amides is 1. The van der Waals surface area contributed by atoms with Gasteiger partial charge in [-0.15, -0.1) is 0 Å². The number of halogens is 1. The lowest BCUT2D eigenvalue weighted by atomic mass is 10.2. The summed E-state index contributed by atoms with van der Waals surface area (Å²) in [6, 6.07) is 8.14. The quantitative estimate of drug-likeness (QED) is 0.762. The summed E-state index contributed by atoms with van der Waals surface area (Å²) in [4.78, 5) is 28.3. The predicted octanol–water partition coefficient (Wildman–Crippen LogP) is 2.24. The molecule has 1 amide bonds. The highest BCUT2D eigenvalue weighted by Gasteiger charge is 2.15. The molecule has 106 valence electrons. The zero-order valence-electron chi connectivity index (χ0n) is 11.1. The van der Waals surface area contributed by atoms with Crippen LogP contribution < -0.4 is 10.9 Å². The molecule has 3 rings (SSSR count). The second-order valence-electron chi connectivity index (χ2n) is 4.54. The molecule has 0 saturated carbocycles. The summed E-state index contributed by atoms with van der Waals surface area (Å²) in [7, 11) is 0. The van der Waals surface area contributed by atoms with Crippen molar-refractivity contribution >= 4 is 28.8 Å². The molecule has 0 radical (unpaired) electrons. The fourth-order valence-electron chi connectivity index (χ4n) is 1.99. The van der Waals surface area contributed by atoms with E-state index in [1.807, 2.05) is 0 Å². The first-order valence-corrected chi connectivity index (χ1v) is 6.57. The van der Waals surface area contributed by atoms with E-state index in [9.17, 15) is 9.59 Å². The van der Waals surface area contributed by atoms with Crippen molar-refractivity contribution in [1.82, 2.24) is 14.6 Å². The Kier molecular flexibility index (Phi) is 3.23. The fourth-order valence-corrected chi connectivity index (χ4v) is 2.12. The standard InChI is InChI=1S/C14H11ClN4O2/c1-8-6-12(20)19-13(17-8)11(7-16-19)14(21)18-10-4-2-9(15)3-5-10/h2-7,16H,1H3,(H,18,21). The van der Waals surface area contributed by atoms with Crippen molar-refractivity contribution in [2.45, 2.75) is 6.92 Å². The first kappa shape index (κ1) is 13.4. The Morgan fingerprint density at radius 3 is 2.76 bits per heavy atom. The van der Waals surface area contributed by atoms with Gasteiger partial charge in [0.05, 0.1) is 0 Å².